The third kappa shape index (κ3) is 3.31. The van der Waals surface area contributed by atoms with E-state index in [1.807, 2.05) is 43.6 Å². The van der Waals surface area contributed by atoms with E-state index in [1.54, 1.807) is 33.7 Å². The lowest BCUT2D eigenvalue weighted by atomic mass is 10.1. The third-order valence-corrected chi connectivity index (χ3v) is 4.88. The largest absolute Gasteiger partial charge is 0.493 e. The standard InChI is InChI=1S/C22H22N4O3/c1-26(15-6-5-8-23-13-15)18-7-9-24-22-16(18)12-17(25-22)14-10-19(27-2)21(29-4)20(11-14)28-3/h5-13H,1-4H3,(H,24,25). The van der Waals surface area contributed by atoms with E-state index in [-0.39, 0.29) is 0 Å². The Morgan fingerprint density at radius 2 is 1.69 bits per heavy atom. The predicted molar refractivity (Wildman–Crippen MR) is 113 cm³/mol. The molecular weight excluding hydrogens is 368 g/mol. The Kier molecular flexibility index (Phi) is 4.95. The summed E-state index contributed by atoms with van der Waals surface area (Å²) in [6, 6.07) is 11.8. The highest BCUT2D eigenvalue weighted by Crippen LogP contribution is 2.42. The average Bonchev–Trinajstić information content (AvgIpc) is 3.22. The van der Waals surface area contributed by atoms with Crippen LogP contribution in [0.5, 0.6) is 17.2 Å². The summed E-state index contributed by atoms with van der Waals surface area (Å²) >= 11 is 0. The molecule has 0 saturated heterocycles. The number of benzene rings is 1. The van der Waals surface area contributed by atoms with Gasteiger partial charge in [0.25, 0.3) is 0 Å². The van der Waals surface area contributed by atoms with Crippen LogP contribution in [-0.4, -0.2) is 43.3 Å². The first-order valence-electron chi connectivity index (χ1n) is 9.08. The van der Waals surface area contributed by atoms with E-state index in [0.717, 1.165) is 33.7 Å². The van der Waals surface area contributed by atoms with Gasteiger partial charge in [-0.15, -0.1) is 0 Å². The molecule has 4 rings (SSSR count). The van der Waals surface area contributed by atoms with Gasteiger partial charge in [0.05, 0.1) is 38.9 Å². The summed E-state index contributed by atoms with van der Waals surface area (Å²) in [6.45, 7) is 0. The summed E-state index contributed by atoms with van der Waals surface area (Å²) in [7, 11) is 6.81. The second-order valence-corrected chi connectivity index (χ2v) is 6.46. The number of aromatic nitrogens is 3. The lowest BCUT2D eigenvalue weighted by Crippen LogP contribution is -2.09. The van der Waals surface area contributed by atoms with Crippen LogP contribution in [0, 0.1) is 0 Å². The van der Waals surface area contributed by atoms with Crippen LogP contribution in [0.25, 0.3) is 22.3 Å². The first-order chi connectivity index (χ1) is 14.2. The lowest BCUT2D eigenvalue weighted by Gasteiger charge is -2.19. The van der Waals surface area contributed by atoms with E-state index < -0.39 is 0 Å². The van der Waals surface area contributed by atoms with Gasteiger partial charge in [0.2, 0.25) is 5.75 Å². The van der Waals surface area contributed by atoms with Crippen LogP contribution in [0.4, 0.5) is 11.4 Å². The monoisotopic (exact) mass is 390 g/mol. The summed E-state index contributed by atoms with van der Waals surface area (Å²) in [5, 5.41) is 1.00. The van der Waals surface area contributed by atoms with E-state index in [9.17, 15) is 0 Å². The number of anilines is 2. The zero-order valence-corrected chi connectivity index (χ0v) is 16.8. The average molecular weight is 390 g/mol. The Hall–Kier alpha value is -3.74. The highest BCUT2D eigenvalue weighted by molar-refractivity contribution is 5.95. The minimum atomic E-state index is 0.560. The Bertz CT molecular complexity index is 1120. The Labute approximate surface area is 168 Å². The number of hydrogen-bond donors (Lipinski definition) is 1. The maximum Gasteiger partial charge on any atom is 0.203 e. The molecule has 0 spiro atoms. The molecule has 1 aromatic carbocycles. The van der Waals surface area contributed by atoms with Crippen LogP contribution in [0.15, 0.2) is 55.0 Å². The van der Waals surface area contributed by atoms with Crippen molar-refractivity contribution in [2.75, 3.05) is 33.3 Å². The van der Waals surface area contributed by atoms with E-state index in [2.05, 4.69) is 25.9 Å². The number of nitrogens with zero attached hydrogens (tertiary/aromatic N) is 3. The molecule has 1 N–H and O–H groups in total. The summed E-state index contributed by atoms with van der Waals surface area (Å²) in [4.78, 5) is 14.2. The first-order valence-corrected chi connectivity index (χ1v) is 9.08. The van der Waals surface area contributed by atoms with Crippen molar-refractivity contribution in [1.29, 1.82) is 0 Å². The number of aromatic amines is 1. The van der Waals surface area contributed by atoms with Gasteiger partial charge < -0.3 is 24.1 Å². The fourth-order valence-corrected chi connectivity index (χ4v) is 3.39. The van der Waals surface area contributed by atoms with Crippen molar-refractivity contribution < 1.29 is 14.2 Å². The van der Waals surface area contributed by atoms with Crippen molar-refractivity contribution >= 4 is 22.4 Å². The fourth-order valence-electron chi connectivity index (χ4n) is 3.39. The molecule has 0 radical (unpaired) electrons. The second kappa shape index (κ2) is 7.71. The molecule has 7 heteroatoms. The van der Waals surface area contributed by atoms with Crippen LogP contribution >= 0.6 is 0 Å². The highest BCUT2D eigenvalue weighted by atomic mass is 16.5. The summed E-state index contributed by atoms with van der Waals surface area (Å²) in [6.07, 6.45) is 5.39. The summed E-state index contributed by atoms with van der Waals surface area (Å²) in [5.74, 6) is 1.76. The molecule has 148 valence electrons. The van der Waals surface area contributed by atoms with Gasteiger partial charge in [-0.25, -0.2) is 4.98 Å². The van der Waals surface area contributed by atoms with Crippen molar-refractivity contribution in [2.45, 2.75) is 0 Å². The fraction of sp³-hybridized carbons (Fsp3) is 0.182. The lowest BCUT2D eigenvalue weighted by molar-refractivity contribution is 0.324. The van der Waals surface area contributed by atoms with E-state index >= 15 is 0 Å². The number of H-pyrrole nitrogens is 1. The first kappa shape index (κ1) is 18.6. The van der Waals surface area contributed by atoms with Crippen molar-refractivity contribution in [2.24, 2.45) is 0 Å². The van der Waals surface area contributed by atoms with Crippen molar-refractivity contribution in [1.82, 2.24) is 15.0 Å². The molecule has 0 fully saturated rings. The molecular formula is C22H22N4O3. The molecule has 0 amide bonds. The minimum Gasteiger partial charge on any atom is -0.493 e. The SMILES string of the molecule is COc1cc(-c2cc3c(N(C)c4cccnc4)ccnc3[nH]2)cc(OC)c1OC. The molecule has 0 aliphatic heterocycles. The van der Waals surface area contributed by atoms with Gasteiger partial charge in [-0.2, -0.15) is 0 Å². The quantitative estimate of drug-likeness (QED) is 0.525. The molecule has 29 heavy (non-hydrogen) atoms. The van der Waals surface area contributed by atoms with Crippen molar-refractivity contribution in [3.05, 3.63) is 55.0 Å². The van der Waals surface area contributed by atoms with Crippen LogP contribution < -0.4 is 19.1 Å². The van der Waals surface area contributed by atoms with Crippen LogP contribution in [0.3, 0.4) is 0 Å². The number of nitrogens with one attached hydrogen (secondary N) is 1. The number of pyridine rings is 2. The highest BCUT2D eigenvalue weighted by Gasteiger charge is 2.17. The summed E-state index contributed by atoms with van der Waals surface area (Å²) in [5.41, 5.74) is 4.63. The Morgan fingerprint density at radius 3 is 2.31 bits per heavy atom. The molecule has 4 aromatic rings. The van der Waals surface area contributed by atoms with E-state index in [1.165, 1.54) is 0 Å². The normalized spacial score (nSPS) is 10.8. The predicted octanol–water partition coefficient (Wildman–Crippen LogP) is 4.42. The van der Waals surface area contributed by atoms with Gasteiger partial charge in [-0.3, -0.25) is 4.98 Å². The topological polar surface area (TPSA) is 72.5 Å². The van der Waals surface area contributed by atoms with Crippen LogP contribution in [0.2, 0.25) is 0 Å². The number of fused-ring (bicyclic) bond motifs is 1. The van der Waals surface area contributed by atoms with Crippen LogP contribution in [0.1, 0.15) is 0 Å². The number of rotatable bonds is 6. The molecule has 3 aromatic heterocycles. The Morgan fingerprint density at radius 1 is 0.931 bits per heavy atom. The molecule has 0 atom stereocenters. The summed E-state index contributed by atoms with van der Waals surface area (Å²) < 4.78 is 16.4. The molecule has 0 aliphatic carbocycles. The zero-order chi connectivity index (χ0) is 20.4. The molecule has 0 unspecified atom stereocenters. The van der Waals surface area contributed by atoms with Gasteiger partial charge in [-0.05, 0) is 36.4 Å². The van der Waals surface area contributed by atoms with Gasteiger partial charge in [0.15, 0.2) is 11.5 Å². The zero-order valence-electron chi connectivity index (χ0n) is 16.8. The van der Waals surface area contributed by atoms with Crippen molar-refractivity contribution in [3.8, 4) is 28.5 Å². The van der Waals surface area contributed by atoms with Gasteiger partial charge in [0.1, 0.15) is 5.65 Å². The Balaban J connectivity index is 1.83. The van der Waals surface area contributed by atoms with Gasteiger partial charge in [-0.1, -0.05) is 0 Å². The van der Waals surface area contributed by atoms with Crippen LogP contribution in [-0.2, 0) is 0 Å². The smallest absolute Gasteiger partial charge is 0.203 e. The maximum atomic E-state index is 5.49. The molecule has 0 aliphatic rings. The number of methoxy groups -OCH3 is 3. The molecule has 0 saturated carbocycles. The molecule has 7 nitrogen and oxygen atoms in total. The van der Waals surface area contributed by atoms with Gasteiger partial charge in [0, 0.05) is 36.1 Å². The second-order valence-electron chi connectivity index (χ2n) is 6.46. The van der Waals surface area contributed by atoms with E-state index in [0.29, 0.717) is 17.2 Å². The van der Waals surface area contributed by atoms with E-state index in [4.69, 9.17) is 14.2 Å². The third-order valence-electron chi connectivity index (χ3n) is 4.88. The van der Waals surface area contributed by atoms with Crippen molar-refractivity contribution in [3.63, 3.8) is 0 Å². The molecule has 3 heterocycles. The number of ether oxygens (including phenoxy) is 3. The maximum absolute atomic E-state index is 5.49. The van der Waals surface area contributed by atoms with Gasteiger partial charge >= 0.3 is 0 Å². The number of hydrogen-bond acceptors (Lipinski definition) is 6. The minimum absolute atomic E-state index is 0.560. The molecule has 0 bridgehead atoms.